The first-order valence-electron chi connectivity index (χ1n) is 4.80. The highest BCUT2D eigenvalue weighted by atomic mass is 16.2. The molecule has 14 heavy (non-hydrogen) atoms. The normalized spacial score (nSPS) is 21.7. The van der Waals surface area contributed by atoms with E-state index in [4.69, 9.17) is 0 Å². The highest BCUT2D eigenvalue weighted by Gasteiger charge is 2.27. The van der Waals surface area contributed by atoms with Crippen LogP contribution in [0.1, 0.15) is 12.5 Å². The zero-order chi connectivity index (χ0) is 10.1. The molecule has 0 radical (unpaired) electrons. The lowest BCUT2D eigenvalue weighted by molar-refractivity contribution is -0.116. The van der Waals surface area contributed by atoms with Crippen LogP contribution < -0.4 is 10.2 Å². The second kappa shape index (κ2) is 3.42. The Balaban J connectivity index is 2.34. The van der Waals surface area contributed by atoms with Crippen molar-refractivity contribution in [2.75, 3.05) is 11.4 Å². The van der Waals surface area contributed by atoms with E-state index in [1.54, 1.807) is 4.90 Å². The molecule has 3 heteroatoms. The average molecular weight is 190 g/mol. The van der Waals surface area contributed by atoms with Crippen LogP contribution in [0.15, 0.2) is 24.3 Å². The van der Waals surface area contributed by atoms with Crippen LogP contribution in [-0.4, -0.2) is 18.6 Å². The highest BCUT2D eigenvalue weighted by Crippen LogP contribution is 2.20. The van der Waals surface area contributed by atoms with Gasteiger partial charge in [0.1, 0.15) is 0 Å². The Morgan fingerprint density at radius 1 is 1.50 bits per heavy atom. The fourth-order valence-electron chi connectivity index (χ4n) is 1.77. The smallest absolute Gasteiger partial charge is 0.242 e. The van der Waals surface area contributed by atoms with Crippen molar-refractivity contribution in [3.8, 4) is 0 Å². The lowest BCUT2D eigenvalue weighted by Gasteiger charge is -2.21. The van der Waals surface area contributed by atoms with E-state index < -0.39 is 0 Å². The van der Waals surface area contributed by atoms with Crippen molar-refractivity contribution in [2.24, 2.45) is 0 Å². The first-order valence-corrected chi connectivity index (χ1v) is 4.80. The molecule has 3 nitrogen and oxygen atoms in total. The monoisotopic (exact) mass is 190 g/mol. The van der Waals surface area contributed by atoms with Crippen molar-refractivity contribution >= 4 is 11.6 Å². The Morgan fingerprint density at radius 3 is 2.86 bits per heavy atom. The van der Waals surface area contributed by atoms with Crippen LogP contribution in [0.5, 0.6) is 0 Å². The van der Waals surface area contributed by atoms with Gasteiger partial charge in [0.05, 0.1) is 12.7 Å². The summed E-state index contributed by atoms with van der Waals surface area (Å²) >= 11 is 0. The van der Waals surface area contributed by atoms with Crippen LogP contribution in [0.4, 0.5) is 5.69 Å². The lowest BCUT2D eigenvalue weighted by atomic mass is 10.2. The van der Waals surface area contributed by atoms with E-state index in [9.17, 15) is 4.79 Å². The molecule has 0 saturated carbocycles. The molecule has 1 aliphatic heterocycles. The molecular formula is C11H14N2O. The van der Waals surface area contributed by atoms with Crippen molar-refractivity contribution in [3.63, 3.8) is 0 Å². The predicted octanol–water partition coefficient (Wildman–Crippen LogP) is 1.28. The highest BCUT2D eigenvalue weighted by molar-refractivity contribution is 5.97. The van der Waals surface area contributed by atoms with E-state index in [-0.39, 0.29) is 12.1 Å². The topological polar surface area (TPSA) is 32.3 Å². The fourth-order valence-corrected chi connectivity index (χ4v) is 1.77. The lowest BCUT2D eigenvalue weighted by Crippen LogP contribution is -2.34. The van der Waals surface area contributed by atoms with Gasteiger partial charge in [-0.2, -0.15) is 0 Å². The summed E-state index contributed by atoms with van der Waals surface area (Å²) in [5.41, 5.74) is 2.15. The Kier molecular flexibility index (Phi) is 2.25. The van der Waals surface area contributed by atoms with Crippen LogP contribution in [0, 0.1) is 6.92 Å². The van der Waals surface area contributed by atoms with E-state index in [0.29, 0.717) is 6.54 Å². The largest absolute Gasteiger partial charge is 0.296 e. The number of hydrogen-bond donors (Lipinski definition) is 1. The molecule has 1 aromatic rings. The molecule has 0 spiro atoms. The van der Waals surface area contributed by atoms with E-state index in [0.717, 1.165) is 5.69 Å². The summed E-state index contributed by atoms with van der Waals surface area (Å²) in [6.45, 7) is 4.46. The number of aryl methyl sites for hydroxylation is 1. The molecule has 2 rings (SSSR count). The van der Waals surface area contributed by atoms with E-state index >= 15 is 0 Å². The van der Waals surface area contributed by atoms with Gasteiger partial charge in [-0.3, -0.25) is 15.0 Å². The average Bonchev–Trinajstić information content (AvgIpc) is 2.46. The Bertz CT molecular complexity index is 362. The second-order valence-corrected chi connectivity index (χ2v) is 3.66. The number of carbonyl (C=O) groups excluding carboxylic acids is 1. The third-order valence-corrected chi connectivity index (χ3v) is 2.48. The molecule has 1 saturated heterocycles. The molecular weight excluding hydrogens is 176 g/mol. The molecule has 0 aliphatic carbocycles. The van der Waals surface area contributed by atoms with Crippen LogP contribution in [-0.2, 0) is 4.79 Å². The van der Waals surface area contributed by atoms with Gasteiger partial charge < -0.3 is 0 Å². The van der Waals surface area contributed by atoms with Gasteiger partial charge in [0.2, 0.25) is 5.91 Å². The van der Waals surface area contributed by atoms with E-state index in [1.807, 2.05) is 38.1 Å². The molecule has 1 unspecified atom stereocenters. The Morgan fingerprint density at radius 2 is 2.29 bits per heavy atom. The molecule has 1 aromatic carbocycles. The van der Waals surface area contributed by atoms with Crippen LogP contribution in [0.25, 0.3) is 0 Å². The molecule has 1 aliphatic rings. The molecule has 1 N–H and O–H groups in total. The van der Waals surface area contributed by atoms with Crippen LogP contribution in [0.3, 0.4) is 0 Å². The third kappa shape index (κ3) is 1.51. The van der Waals surface area contributed by atoms with E-state index in [2.05, 4.69) is 5.32 Å². The van der Waals surface area contributed by atoms with Gasteiger partial charge in [0.25, 0.3) is 0 Å². The summed E-state index contributed by atoms with van der Waals surface area (Å²) < 4.78 is 0. The van der Waals surface area contributed by atoms with Crippen molar-refractivity contribution in [1.82, 2.24) is 5.32 Å². The summed E-state index contributed by atoms with van der Waals surface area (Å²) in [6, 6.07) is 8.00. The van der Waals surface area contributed by atoms with Crippen molar-refractivity contribution in [2.45, 2.75) is 20.0 Å². The van der Waals surface area contributed by atoms with Gasteiger partial charge >= 0.3 is 0 Å². The molecule has 1 atom stereocenters. The van der Waals surface area contributed by atoms with Crippen LogP contribution in [0.2, 0.25) is 0 Å². The van der Waals surface area contributed by atoms with Gasteiger partial charge in [0, 0.05) is 5.69 Å². The number of hydrogen-bond acceptors (Lipinski definition) is 2. The number of anilines is 1. The molecule has 74 valence electrons. The number of nitrogens with zero attached hydrogens (tertiary/aromatic N) is 1. The maximum absolute atomic E-state index is 11.6. The third-order valence-electron chi connectivity index (χ3n) is 2.48. The van der Waals surface area contributed by atoms with Gasteiger partial charge in [-0.15, -0.1) is 0 Å². The maximum atomic E-state index is 11.6. The summed E-state index contributed by atoms with van der Waals surface area (Å²) in [5.74, 6) is 0.142. The molecule has 0 bridgehead atoms. The molecule has 1 amide bonds. The zero-order valence-electron chi connectivity index (χ0n) is 8.45. The van der Waals surface area contributed by atoms with Crippen molar-refractivity contribution < 1.29 is 4.79 Å². The van der Waals surface area contributed by atoms with Gasteiger partial charge in [-0.1, -0.05) is 12.1 Å². The summed E-state index contributed by atoms with van der Waals surface area (Å²) in [4.78, 5) is 13.4. The van der Waals surface area contributed by atoms with Crippen LogP contribution >= 0.6 is 0 Å². The first kappa shape index (κ1) is 9.21. The number of benzene rings is 1. The predicted molar refractivity (Wildman–Crippen MR) is 56.1 cm³/mol. The summed E-state index contributed by atoms with van der Waals surface area (Å²) in [7, 11) is 0. The van der Waals surface area contributed by atoms with Gasteiger partial charge in [0.15, 0.2) is 0 Å². The first-order chi connectivity index (χ1) is 6.68. The number of amides is 1. The van der Waals surface area contributed by atoms with Crippen molar-refractivity contribution in [1.29, 1.82) is 0 Å². The van der Waals surface area contributed by atoms with Gasteiger partial charge in [-0.25, -0.2) is 0 Å². The Hall–Kier alpha value is -1.35. The number of carbonyl (C=O) groups is 1. The number of nitrogens with one attached hydrogen (secondary N) is 1. The SMILES string of the molecule is Cc1cccc(N2C(=O)CNC2C)c1. The zero-order valence-corrected chi connectivity index (χ0v) is 8.45. The minimum absolute atomic E-state index is 0.101. The minimum Gasteiger partial charge on any atom is -0.296 e. The number of rotatable bonds is 1. The Labute approximate surface area is 83.7 Å². The molecule has 1 fully saturated rings. The second-order valence-electron chi connectivity index (χ2n) is 3.66. The summed E-state index contributed by atoms with van der Waals surface area (Å²) in [6.07, 6.45) is 0.101. The van der Waals surface area contributed by atoms with Crippen molar-refractivity contribution in [3.05, 3.63) is 29.8 Å². The molecule has 0 aromatic heterocycles. The minimum atomic E-state index is 0.101. The quantitative estimate of drug-likeness (QED) is 0.723. The summed E-state index contributed by atoms with van der Waals surface area (Å²) in [5, 5.41) is 3.11. The molecule has 1 heterocycles. The maximum Gasteiger partial charge on any atom is 0.242 e. The standard InChI is InChI=1S/C11H14N2O/c1-8-4-3-5-10(6-8)13-9(2)12-7-11(13)14/h3-6,9,12H,7H2,1-2H3. The fraction of sp³-hybridized carbons (Fsp3) is 0.364. The van der Waals surface area contributed by atoms with E-state index in [1.165, 1.54) is 5.56 Å². The van der Waals surface area contributed by atoms with Gasteiger partial charge in [-0.05, 0) is 31.5 Å².